The van der Waals surface area contributed by atoms with Gasteiger partial charge in [-0.1, -0.05) is 17.7 Å². The van der Waals surface area contributed by atoms with Crippen molar-refractivity contribution >= 4 is 16.5 Å². The molecule has 0 spiro atoms. The molecule has 0 unspecified atom stereocenters. The fraction of sp³-hybridized carbons (Fsp3) is 0.611. The molecule has 1 aliphatic rings. The van der Waals surface area contributed by atoms with Crippen LogP contribution in [0.2, 0.25) is 0 Å². The van der Waals surface area contributed by atoms with Gasteiger partial charge in [-0.3, -0.25) is 9.69 Å². The summed E-state index contributed by atoms with van der Waals surface area (Å²) in [4.78, 5) is 13.2. The van der Waals surface area contributed by atoms with E-state index in [0.29, 0.717) is 31.0 Å². The molecule has 1 aromatic rings. The summed E-state index contributed by atoms with van der Waals surface area (Å²) >= 11 is 0. The largest absolute Gasteiger partial charge is 0.461 e. The van der Waals surface area contributed by atoms with Crippen LogP contribution in [0.15, 0.2) is 29.2 Å². The van der Waals surface area contributed by atoms with Crippen molar-refractivity contribution in [2.75, 3.05) is 32.7 Å². The quantitative estimate of drug-likeness (QED) is 0.719. The van der Waals surface area contributed by atoms with Gasteiger partial charge in [0, 0.05) is 19.6 Å². The fourth-order valence-electron chi connectivity index (χ4n) is 3.13. The summed E-state index contributed by atoms with van der Waals surface area (Å²) < 4.78 is 32.3. The predicted octanol–water partition coefficient (Wildman–Crippen LogP) is 2.03. The number of aryl methyl sites for hydroxylation is 1. The Balaban J connectivity index is 1.98. The maximum absolute atomic E-state index is 12.8. The van der Waals surface area contributed by atoms with Gasteiger partial charge in [-0.15, -0.1) is 0 Å². The van der Waals surface area contributed by atoms with E-state index in [1.807, 2.05) is 32.9 Å². The molecule has 0 aliphatic carbocycles. The molecule has 0 bridgehead atoms. The minimum atomic E-state index is -3.44. The first-order valence-electron chi connectivity index (χ1n) is 8.65. The monoisotopic (exact) mass is 368 g/mol. The van der Waals surface area contributed by atoms with E-state index < -0.39 is 15.6 Å². The van der Waals surface area contributed by atoms with Crippen molar-refractivity contribution in [1.82, 2.24) is 9.21 Å². The van der Waals surface area contributed by atoms with Gasteiger partial charge in [-0.25, -0.2) is 8.42 Å². The van der Waals surface area contributed by atoms with Crippen LogP contribution in [0.3, 0.4) is 0 Å². The summed E-state index contributed by atoms with van der Waals surface area (Å²) in [6, 6.07) is 7.01. The Hall–Kier alpha value is -1.44. The molecule has 0 saturated carbocycles. The number of carbonyl (C=O) groups is 1. The second-order valence-corrected chi connectivity index (χ2v) is 9.11. The van der Waals surface area contributed by atoms with Crippen molar-refractivity contribution in [3.05, 3.63) is 29.8 Å². The SMILES string of the molecule is Cc1ccc(S(=O)(=O)N2CCCN(CC(C)(C)OC=O)CCC2)cc1. The third-order valence-corrected chi connectivity index (χ3v) is 6.31. The molecule has 1 heterocycles. The fourth-order valence-corrected chi connectivity index (χ4v) is 4.65. The lowest BCUT2D eigenvalue weighted by Gasteiger charge is -2.34. The predicted molar refractivity (Wildman–Crippen MR) is 96.8 cm³/mol. The minimum absolute atomic E-state index is 0.357. The molecule has 0 radical (unpaired) electrons. The first kappa shape index (κ1) is 19.9. The summed E-state index contributed by atoms with van der Waals surface area (Å²) in [5.41, 5.74) is 0.511. The lowest BCUT2D eigenvalue weighted by Crippen LogP contribution is -2.45. The van der Waals surface area contributed by atoms with Crippen molar-refractivity contribution in [1.29, 1.82) is 0 Å². The van der Waals surface area contributed by atoms with Gasteiger partial charge in [0.25, 0.3) is 6.47 Å². The van der Waals surface area contributed by atoms with Crippen LogP contribution in [0.4, 0.5) is 0 Å². The number of sulfonamides is 1. The van der Waals surface area contributed by atoms with Crippen molar-refractivity contribution in [2.24, 2.45) is 0 Å². The standard InChI is InChI=1S/C18H28N2O4S/c1-16-6-8-17(9-7-16)25(22,23)20-12-4-10-19(11-5-13-20)14-18(2,3)24-15-21/h6-9,15H,4-5,10-14H2,1-3H3. The number of carbonyl (C=O) groups excluding carboxylic acids is 1. The number of ether oxygens (including phenoxy) is 1. The molecule has 1 fully saturated rings. The van der Waals surface area contributed by atoms with Gasteiger partial charge in [0.1, 0.15) is 5.60 Å². The molecule has 25 heavy (non-hydrogen) atoms. The summed E-state index contributed by atoms with van der Waals surface area (Å²) in [7, 11) is -3.44. The summed E-state index contributed by atoms with van der Waals surface area (Å²) in [6.07, 6.45) is 1.50. The highest BCUT2D eigenvalue weighted by Crippen LogP contribution is 2.19. The molecule has 0 aromatic heterocycles. The van der Waals surface area contributed by atoms with Crippen LogP contribution in [0, 0.1) is 6.92 Å². The summed E-state index contributed by atoms with van der Waals surface area (Å²) in [5.74, 6) is 0. The number of rotatable bonds is 6. The van der Waals surface area contributed by atoms with E-state index in [0.717, 1.165) is 31.5 Å². The van der Waals surface area contributed by atoms with Crippen LogP contribution >= 0.6 is 0 Å². The zero-order chi connectivity index (χ0) is 18.5. The molecule has 1 aliphatic heterocycles. The van der Waals surface area contributed by atoms with E-state index in [1.165, 1.54) is 0 Å². The molecular weight excluding hydrogens is 340 g/mol. The van der Waals surface area contributed by atoms with E-state index in [4.69, 9.17) is 4.74 Å². The van der Waals surface area contributed by atoms with Crippen molar-refractivity contribution in [2.45, 2.75) is 44.1 Å². The smallest absolute Gasteiger partial charge is 0.293 e. The van der Waals surface area contributed by atoms with Crippen LogP contribution in [-0.2, 0) is 19.6 Å². The van der Waals surface area contributed by atoms with E-state index in [1.54, 1.807) is 16.4 Å². The van der Waals surface area contributed by atoms with Gasteiger partial charge in [-0.05, 0) is 58.8 Å². The summed E-state index contributed by atoms with van der Waals surface area (Å²) in [5, 5.41) is 0. The Morgan fingerprint density at radius 1 is 1.08 bits per heavy atom. The topological polar surface area (TPSA) is 66.9 Å². The van der Waals surface area contributed by atoms with Crippen LogP contribution in [0.25, 0.3) is 0 Å². The molecule has 1 aromatic carbocycles. The minimum Gasteiger partial charge on any atom is -0.461 e. The Labute approximate surface area is 150 Å². The number of hydrogen-bond acceptors (Lipinski definition) is 5. The number of nitrogens with zero attached hydrogens (tertiary/aromatic N) is 2. The van der Waals surface area contributed by atoms with Crippen LogP contribution in [0.1, 0.15) is 32.3 Å². The lowest BCUT2D eigenvalue weighted by molar-refractivity contribution is -0.142. The van der Waals surface area contributed by atoms with Gasteiger partial charge in [0.05, 0.1) is 4.90 Å². The third kappa shape index (κ3) is 5.52. The highest BCUT2D eigenvalue weighted by Gasteiger charge is 2.28. The van der Waals surface area contributed by atoms with Crippen molar-refractivity contribution in [3.63, 3.8) is 0 Å². The molecule has 2 rings (SSSR count). The van der Waals surface area contributed by atoms with Gasteiger partial charge in [0.15, 0.2) is 0 Å². The maximum atomic E-state index is 12.8. The van der Waals surface area contributed by atoms with E-state index in [-0.39, 0.29) is 0 Å². The Morgan fingerprint density at radius 3 is 2.16 bits per heavy atom. The lowest BCUT2D eigenvalue weighted by atomic mass is 10.1. The molecular formula is C18H28N2O4S. The highest BCUT2D eigenvalue weighted by atomic mass is 32.2. The van der Waals surface area contributed by atoms with Gasteiger partial charge >= 0.3 is 0 Å². The molecule has 7 heteroatoms. The normalized spacial score (nSPS) is 18.4. The first-order valence-corrected chi connectivity index (χ1v) is 10.1. The van der Waals surface area contributed by atoms with Crippen molar-refractivity contribution in [3.8, 4) is 0 Å². The van der Waals surface area contributed by atoms with Crippen molar-refractivity contribution < 1.29 is 17.9 Å². The van der Waals surface area contributed by atoms with Crippen LogP contribution in [0.5, 0.6) is 0 Å². The summed E-state index contributed by atoms with van der Waals surface area (Å²) in [6.45, 7) is 9.41. The third-order valence-electron chi connectivity index (χ3n) is 4.39. The molecule has 0 amide bonds. The molecule has 0 N–H and O–H groups in total. The Morgan fingerprint density at radius 2 is 1.64 bits per heavy atom. The van der Waals surface area contributed by atoms with Gasteiger partial charge in [0.2, 0.25) is 10.0 Å². The zero-order valence-electron chi connectivity index (χ0n) is 15.3. The van der Waals surface area contributed by atoms with E-state index in [9.17, 15) is 13.2 Å². The number of benzene rings is 1. The van der Waals surface area contributed by atoms with Crippen LogP contribution < -0.4 is 0 Å². The average molecular weight is 368 g/mol. The van der Waals surface area contributed by atoms with E-state index >= 15 is 0 Å². The second-order valence-electron chi connectivity index (χ2n) is 7.17. The number of hydrogen-bond donors (Lipinski definition) is 0. The maximum Gasteiger partial charge on any atom is 0.293 e. The Bertz CT molecular complexity index is 661. The molecule has 140 valence electrons. The highest BCUT2D eigenvalue weighted by molar-refractivity contribution is 7.89. The molecule has 1 saturated heterocycles. The molecule has 0 atom stereocenters. The van der Waals surface area contributed by atoms with Gasteiger partial charge < -0.3 is 4.74 Å². The zero-order valence-corrected chi connectivity index (χ0v) is 16.1. The Kier molecular flexibility index (Phi) is 6.59. The van der Waals surface area contributed by atoms with Gasteiger partial charge in [-0.2, -0.15) is 4.31 Å². The second kappa shape index (κ2) is 8.29. The molecule has 6 nitrogen and oxygen atoms in total. The van der Waals surface area contributed by atoms with E-state index in [2.05, 4.69) is 4.90 Å². The average Bonchev–Trinajstić information content (AvgIpc) is 2.49. The first-order chi connectivity index (χ1) is 11.7. The van der Waals surface area contributed by atoms with Crippen LogP contribution in [-0.4, -0.2) is 62.4 Å².